The average molecular weight is 274 g/mol. The summed E-state index contributed by atoms with van der Waals surface area (Å²) in [5.41, 5.74) is 5.42. The molecule has 0 aliphatic heterocycles. The maximum Gasteiger partial charge on any atom is 0.240 e. The van der Waals surface area contributed by atoms with Crippen molar-refractivity contribution in [3.05, 3.63) is 0 Å². The number of carbonyl (C=O) groups is 1. The fourth-order valence-electron chi connectivity index (χ4n) is 2.15. The molecule has 5 heteroatoms. The molecule has 0 aromatic rings. The average Bonchev–Trinajstić information content (AvgIpc) is 2.28. The molecular formula is C13H26N2O2S. The van der Waals surface area contributed by atoms with E-state index in [-0.39, 0.29) is 10.7 Å². The minimum atomic E-state index is -0.928. The highest BCUT2D eigenvalue weighted by Gasteiger charge is 2.35. The molecule has 1 unspecified atom stereocenters. The Bertz CT molecular complexity index is 317. The summed E-state index contributed by atoms with van der Waals surface area (Å²) >= 11 is 0. The van der Waals surface area contributed by atoms with E-state index in [0.717, 1.165) is 25.7 Å². The van der Waals surface area contributed by atoms with Crippen LogP contribution in [0.5, 0.6) is 0 Å². The van der Waals surface area contributed by atoms with Gasteiger partial charge in [-0.05, 0) is 33.6 Å². The minimum absolute atomic E-state index is 0.0758. The highest BCUT2D eigenvalue weighted by molar-refractivity contribution is 7.86. The number of rotatable bonds is 4. The third-order valence-corrected chi connectivity index (χ3v) is 5.39. The maximum atomic E-state index is 12.0. The van der Waals surface area contributed by atoms with Crippen LogP contribution in [0.3, 0.4) is 0 Å². The molecule has 1 aliphatic rings. The predicted octanol–water partition coefficient (Wildman–Crippen LogP) is 1.31. The van der Waals surface area contributed by atoms with Gasteiger partial charge >= 0.3 is 0 Å². The Kier molecular flexibility index (Phi) is 5.34. The van der Waals surface area contributed by atoms with E-state index in [4.69, 9.17) is 5.73 Å². The van der Waals surface area contributed by atoms with Gasteiger partial charge in [0.05, 0.1) is 5.54 Å². The second-order valence-electron chi connectivity index (χ2n) is 6.13. The largest absolute Gasteiger partial charge is 0.354 e. The lowest BCUT2D eigenvalue weighted by Crippen LogP contribution is -2.55. The van der Waals surface area contributed by atoms with Crippen molar-refractivity contribution in [3.63, 3.8) is 0 Å². The lowest BCUT2D eigenvalue weighted by molar-refractivity contribution is -0.127. The summed E-state index contributed by atoms with van der Waals surface area (Å²) in [5, 5.41) is 2.84. The van der Waals surface area contributed by atoms with E-state index in [2.05, 4.69) is 5.32 Å². The molecule has 0 saturated heterocycles. The van der Waals surface area contributed by atoms with Gasteiger partial charge in [-0.1, -0.05) is 19.3 Å². The molecule has 1 amide bonds. The second kappa shape index (κ2) is 6.15. The van der Waals surface area contributed by atoms with Gasteiger partial charge in [0, 0.05) is 27.8 Å². The van der Waals surface area contributed by atoms with Crippen LogP contribution in [0.4, 0.5) is 0 Å². The molecule has 1 saturated carbocycles. The molecule has 0 spiro atoms. The Balaban J connectivity index is 2.35. The topological polar surface area (TPSA) is 72.2 Å². The number of nitrogens with two attached hydrogens (primary N) is 1. The summed E-state index contributed by atoms with van der Waals surface area (Å²) in [5.74, 6) is 0.416. The molecule has 18 heavy (non-hydrogen) atoms. The normalized spacial score (nSPS) is 21.3. The molecule has 4 nitrogen and oxygen atoms in total. The van der Waals surface area contributed by atoms with Crippen LogP contribution in [0.25, 0.3) is 0 Å². The Morgan fingerprint density at radius 2 is 1.83 bits per heavy atom. The van der Waals surface area contributed by atoms with Gasteiger partial charge in [0.2, 0.25) is 5.91 Å². The Morgan fingerprint density at radius 1 is 1.28 bits per heavy atom. The second-order valence-corrected chi connectivity index (χ2v) is 8.46. The number of hydrogen-bond donors (Lipinski definition) is 2. The van der Waals surface area contributed by atoms with Crippen LogP contribution in [0, 0.1) is 0 Å². The molecule has 1 rings (SSSR count). The van der Waals surface area contributed by atoms with Gasteiger partial charge in [0.25, 0.3) is 0 Å². The van der Waals surface area contributed by atoms with E-state index in [1.807, 2.05) is 20.8 Å². The minimum Gasteiger partial charge on any atom is -0.354 e. The summed E-state index contributed by atoms with van der Waals surface area (Å²) < 4.78 is 11.6. The summed E-state index contributed by atoms with van der Waals surface area (Å²) in [6.07, 6.45) is 4.75. The van der Waals surface area contributed by atoms with Crippen LogP contribution >= 0.6 is 0 Å². The lowest BCUT2D eigenvalue weighted by Gasteiger charge is -2.31. The number of amides is 1. The summed E-state index contributed by atoms with van der Waals surface area (Å²) in [6.45, 7) is 6.27. The zero-order valence-corrected chi connectivity index (χ0v) is 12.6. The molecule has 0 aromatic heterocycles. The highest BCUT2D eigenvalue weighted by atomic mass is 32.2. The summed E-state index contributed by atoms with van der Waals surface area (Å²) in [7, 11) is -0.928. The van der Waals surface area contributed by atoms with Gasteiger partial charge in [-0.15, -0.1) is 0 Å². The molecule has 106 valence electrons. The Labute approximate surface area is 113 Å². The molecule has 0 heterocycles. The third-order valence-electron chi connectivity index (χ3n) is 3.45. The smallest absolute Gasteiger partial charge is 0.240 e. The molecule has 1 fully saturated rings. The van der Waals surface area contributed by atoms with Crippen LogP contribution in [0.1, 0.15) is 52.9 Å². The maximum absolute atomic E-state index is 12.0. The van der Waals surface area contributed by atoms with Gasteiger partial charge < -0.3 is 11.1 Å². The molecule has 0 radical (unpaired) electrons. The van der Waals surface area contributed by atoms with Gasteiger partial charge in [-0.3, -0.25) is 9.00 Å². The molecule has 3 N–H and O–H groups in total. The Hall–Kier alpha value is -0.420. The molecule has 1 aliphatic carbocycles. The van der Waals surface area contributed by atoms with Crippen molar-refractivity contribution in [1.82, 2.24) is 5.32 Å². The van der Waals surface area contributed by atoms with Gasteiger partial charge in [0.15, 0.2) is 0 Å². The highest BCUT2D eigenvalue weighted by Crippen LogP contribution is 2.25. The number of carbonyl (C=O) groups excluding carboxylic acids is 1. The zero-order valence-electron chi connectivity index (χ0n) is 11.8. The van der Waals surface area contributed by atoms with Crippen molar-refractivity contribution in [3.8, 4) is 0 Å². The van der Waals surface area contributed by atoms with Crippen molar-refractivity contribution in [2.75, 3.05) is 12.3 Å². The van der Waals surface area contributed by atoms with E-state index >= 15 is 0 Å². The van der Waals surface area contributed by atoms with Crippen molar-refractivity contribution in [2.24, 2.45) is 5.73 Å². The van der Waals surface area contributed by atoms with Crippen LogP contribution in [0.2, 0.25) is 0 Å². The molecule has 1 atom stereocenters. The molecule has 0 aromatic carbocycles. The van der Waals surface area contributed by atoms with Crippen molar-refractivity contribution >= 4 is 16.7 Å². The Morgan fingerprint density at radius 3 is 2.33 bits per heavy atom. The van der Waals surface area contributed by atoms with E-state index in [1.54, 1.807) is 0 Å². The predicted molar refractivity (Wildman–Crippen MR) is 75.8 cm³/mol. The first-order valence-corrected chi connectivity index (χ1v) is 8.03. The van der Waals surface area contributed by atoms with E-state index in [9.17, 15) is 9.00 Å². The van der Waals surface area contributed by atoms with Crippen LogP contribution in [-0.2, 0) is 15.6 Å². The molecular weight excluding hydrogens is 248 g/mol. The quantitative estimate of drug-likeness (QED) is 0.812. The number of hydrogen-bond acceptors (Lipinski definition) is 3. The van der Waals surface area contributed by atoms with Crippen molar-refractivity contribution in [2.45, 2.75) is 63.2 Å². The standard InChI is InChI=1S/C13H26N2O2S/c1-12(2,3)18(17)10-9-15-11(16)13(14)7-5-4-6-8-13/h4-10,14H2,1-3H3,(H,15,16). The first-order valence-electron chi connectivity index (χ1n) is 6.71. The fourth-order valence-corrected chi connectivity index (χ4v) is 3.05. The van der Waals surface area contributed by atoms with Crippen molar-refractivity contribution in [1.29, 1.82) is 0 Å². The third kappa shape index (κ3) is 4.35. The first-order chi connectivity index (χ1) is 8.26. The van der Waals surface area contributed by atoms with Crippen LogP contribution in [-0.4, -0.2) is 32.7 Å². The van der Waals surface area contributed by atoms with Gasteiger partial charge in [-0.25, -0.2) is 0 Å². The van der Waals surface area contributed by atoms with Crippen LogP contribution < -0.4 is 11.1 Å². The van der Waals surface area contributed by atoms with Gasteiger partial charge in [-0.2, -0.15) is 0 Å². The number of nitrogens with one attached hydrogen (secondary N) is 1. The SMILES string of the molecule is CC(C)(C)S(=O)CCNC(=O)C1(N)CCCCC1. The van der Waals surface area contributed by atoms with E-state index in [1.165, 1.54) is 6.42 Å². The first kappa shape index (κ1) is 15.6. The van der Waals surface area contributed by atoms with Crippen molar-refractivity contribution < 1.29 is 9.00 Å². The summed E-state index contributed by atoms with van der Waals surface area (Å²) in [4.78, 5) is 12.0. The summed E-state index contributed by atoms with van der Waals surface area (Å²) in [6, 6.07) is 0. The van der Waals surface area contributed by atoms with Gasteiger partial charge in [0.1, 0.15) is 0 Å². The van der Waals surface area contributed by atoms with E-state index < -0.39 is 16.3 Å². The zero-order chi connectivity index (χ0) is 13.8. The lowest BCUT2D eigenvalue weighted by atomic mass is 9.82. The fraction of sp³-hybridized carbons (Fsp3) is 0.923. The monoisotopic (exact) mass is 274 g/mol. The van der Waals surface area contributed by atoms with E-state index in [0.29, 0.717) is 12.3 Å². The van der Waals surface area contributed by atoms with Crippen LogP contribution in [0.15, 0.2) is 0 Å². The molecule has 0 bridgehead atoms.